The Kier molecular flexibility index (Phi) is 12.6. The van der Waals surface area contributed by atoms with Crippen LogP contribution in [0.2, 0.25) is 0 Å². The predicted molar refractivity (Wildman–Crippen MR) is 136 cm³/mol. The van der Waals surface area contributed by atoms with E-state index in [1.807, 2.05) is 56.5 Å². The van der Waals surface area contributed by atoms with Crippen molar-refractivity contribution in [2.24, 2.45) is 5.84 Å². The molecule has 6 nitrogen and oxygen atoms in total. The van der Waals surface area contributed by atoms with Crippen molar-refractivity contribution in [1.29, 1.82) is 0 Å². The molecular formula is C27H49N4O2+. The van der Waals surface area contributed by atoms with Crippen molar-refractivity contribution in [3.8, 4) is 0 Å². The van der Waals surface area contributed by atoms with Crippen molar-refractivity contribution < 1.29 is 14.3 Å². The molecule has 1 aliphatic carbocycles. The lowest BCUT2D eigenvalue weighted by Gasteiger charge is -2.36. The summed E-state index contributed by atoms with van der Waals surface area (Å²) < 4.78 is 6.34. The van der Waals surface area contributed by atoms with Gasteiger partial charge in [0.05, 0.1) is 0 Å². The Labute approximate surface area is 202 Å². The number of carbonyl (C=O) groups excluding carboxylic acids is 1. The van der Waals surface area contributed by atoms with Crippen LogP contribution < -0.4 is 11.3 Å². The van der Waals surface area contributed by atoms with Gasteiger partial charge in [0.15, 0.2) is 5.78 Å². The molecule has 1 fully saturated rings. The highest BCUT2D eigenvalue weighted by Gasteiger charge is 2.40. The predicted octanol–water partition coefficient (Wildman–Crippen LogP) is 5.40. The van der Waals surface area contributed by atoms with Crippen LogP contribution in [0.3, 0.4) is 0 Å². The van der Waals surface area contributed by atoms with Crippen LogP contribution in [0.1, 0.15) is 100 Å². The second-order valence-corrected chi connectivity index (χ2v) is 9.90. The average Bonchev–Trinajstić information content (AvgIpc) is 2.85. The van der Waals surface area contributed by atoms with E-state index in [2.05, 4.69) is 5.43 Å². The number of benzene rings is 1. The zero-order valence-corrected chi connectivity index (χ0v) is 21.5. The largest absolute Gasteiger partial charge is 0.367 e. The molecule has 0 aliphatic heterocycles. The molecule has 0 bridgehead atoms. The standard InChI is InChI=1S/C27H49N4O2/c1-29-31(28,30(2)3)23-17-9-7-5-4-6-8-10-18-24-33-27(21-15-12-16-22-27)26(32)25-19-13-11-14-20-25/h11,13-14,19-20,29H,4-10,12,15-18,21-24,28H2,1-3H3/q+1. The van der Waals surface area contributed by atoms with Crippen molar-refractivity contribution in [3.63, 3.8) is 0 Å². The quantitative estimate of drug-likeness (QED) is 0.107. The van der Waals surface area contributed by atoms with Gasteiger partial charge >= 0.3 is 0 Å². The lowest BCUT2D eigenvalue weighted by atomic mass is 9.79. The van der Waals surface area contributed by atoms with Gasteiger partial charge in [-0.15, -0.1) is 16.3 Å². The highest BCUT2D eigenvalue weighted by molar-refractivity contribution is 6.02. The van der Waals surface area contributed by atoms with Crippen LogP contribution in [0, 0.1) is 0 Å². The number of nitrogens with two attached hydrogens (primary N) is 1. The summed E-state index contributed by atoms with van der Waals surface area (Å²) in [5.41, 5.74) is 3.37. The number of unbranched alkanes of at least 4 members (excludes halogenated alkanes) is 8. The fourth-order valence-electron chi connectivity index (χ4n) is 4.88. The third kappa shape index (κ3) is 9.10. The van der Waals surface area contributed by atoms with Crippen LogP contribution >= 0.6 is 0 Å². The van der Waals surface area contributed by atoms with Crippen molar-refractivity contribution >= 4 is 5.78 Å². The van der Waals surface area contributed by atoms with Crippen LogP contribution in [-0.4, -0.2) is 55.5 Å². The summed E-state index contributed by atoms with van der Waals surface area (Å²) >= 11 is 0. The first kappa shape index (κ1) is 27.9. The molecule has 1 aromatic rings. The number of nitrogens with zero attached hydrogens (tertiary/aromatic N) is 2. The van der Waals surface area contributed by atoms with Crippen molar-refractivity contribution in [2.45, 2.75) is 95.5 Å². The number of hydrogen-bond acceptors (Lipinski definition) is 5. The van der Waals surface area contributed by atoms with E-state index in [1.54, 1.807) is 0 Å². The van der Waals surface area contributed by atoms with Gasteiger partial charge in [-0.05, 0) is 25.7 Å². The molecule has 1 aliphatic rings. The van der Waals surface area contributed by atoms with E-state index in [-0.39, 0.29) is 5.78 Å². The molecule has 2 rings (SSSR count). The van der Waals surface area contributed by atoms with E-state index in [1.165, 1.54) is 51.4 Å². The first-order valence-electron chi connectivity index (χ1n) is 13.2. The molecule has 188 valence electrons. The molecule has 0 aromatic heterocycles. The number of hydrogen-bond donors (Lipinski definition) is 2. The molecule has 6 heteroatoms. The highest BCUT2D eigenvalue weighted by atomic mass is 16.5. The molecule has 3 N–H and O–H groups in total. The van der Waals surface area contributed by atoms with Crippen LogP contribution in [0.4, 0.5) is 0 Å². The van der Waals surface area contributed by atoms with Crippen LogP contribution in [-0.2, 0) is 4.74 Å². The summed E-state index contributed by atoms with van der Waals surface area (Å²) in [6, 6.07) is 9.71. The first-order chi connectivity index (χ1) is 15.9. The van der Waals surface area contributed by atoms with Crippen LogP contribution in [0.25, 0.3) is 0 Å². The summed E-state index contributed by atoms with van der Waals surface area (Å²) in [6.07, 6.45) is 16.2. The number of Topliss-reactive ketones (excluding diaryl/α,β-unsaturated/α-hetero) is 1. The van der Waals surface area contributed by atoms with Crippen LogP contribution in [0.5, 0.6) is 0 Å². The van der Waals surface area contributed by atoms with Gasteiger partial charge in [0.2, 0.25) is 0 Å². The Morgan fingerprint density at radius 2 is 1.48 bits per heavy atom. The van der Waals surface area contributed by atoms with Gasteiger partial charge in [0, 0.05) is 39.7 Å². The molecule has 33 heavy (non-hydrogen) atoms. The van der Waals surface area contributed by atoms with E-state index < -0.39 is 5.60 Å². The fraction of sp³-hybridized carbons (Fsp3) is 0.741. The lowest BCUT2D eigenvalue weighted by Crippen LogP contribution is -2.69. The molecule has 0 heterocycles. The molecule has 1 aromatic carbocycles. The second-order valence-electron chi connectivity index (χ2n) is 9.90. The number of quaternary nitrogens is 1. The third-order valence-electron chi connectivity index (χ3n) is 7.23. The van der Waals surface area contributed by atoms with Crippen molar-refractivity contribution in [3.05, 3.63) is 35.9 Å². The number of ether oxygens (including phenoxy) is 1. The number of ketones is 1. The van der Waals surface area contributed by atoms with E-state index >= 15 is 0 Å². The maximum atomic E-state index is 13.2. The molecular weight excluding hydrogens is 412 g/mol. The SMILES string of the molecule is CN[N+](N)(CCCCCCCCCCCOC1(C(=O)c2ccccc2)CCCCC1)N(C)C. The highest BCUT2D eigenvalue weighted by Crippen LogP contribution is 2.35. The van der Waals surface area contributed by atoms with E-state index in [9.17, 15) is 4.79 Å². The minimum absolute atomic E-state index is 0.189. The Bertz CT molecular complexity index is 661. The Hall–Kier alpha value is -1.31. The Balaban J connectivity index is 1.55. The topological polar surface area (TPSA) is 67.6 Å². The van der Waals surface area contributed by atoms with E-state index in [4.69, 9.17) is 10.6 Å². The smallest absolute Gasteiger partial charge is 0.194 e. The molecule has 0 amide bonds. The van der Waals surface area contributed by atoms with Gasteiger partial charge < -0.3 is 4.74 Å². The van der Waals surface area contributed by atoms with Crippen molar-refractivity contribution in [1.82, 2.24) is 10.4 Å². The van der Waals surface area contributed by atoms with E-state index in [0.29, 0.717) is 11.4 Å². The van der Waals surface area contributed by atoms with E-state index in [0.717, 1.165) is 50.6 Å². The number of carbonyl (C=O) groups is 1. The maximum absolute atomic E-state index is 13.2. The zero-order valence-electron chi connectivity index (χ0n) is 21.5. The van der Waals surface area contributed by atoms with Gasteiger partial charge in [-0.2, -0.15) is 0 Å². The monoisotopic (exact) mass is 461 g/mol. The molecule has 1 atom stereocenters. The maximum Gasteiger partial charge on any atom is 0.194 e. The zero-order chi connectivity index (χ0) is 24.0. The summed E-state index contributed by atoms with van der Waals surface area (Å²) in [5, 5.41) is 2.00. The van der Waals surface area contributed by atoms with Gasteiger partial charge in [-0.25, -0.2) is 0 Å². The molecule has 0 radical (unpaired) electrons. The Morgan fingerprint density at radius 3 is 2.03 bits per heavy atom. The number of nitrogens with one attached hydrogen (secondary N) is 1. The normalized spacial score (nSPS) is 17.7. The minimum Gasteiger partial charge on any atom is -0.367 e. The van der Waals surface area contributed by atoms with Gasteiger partial charge in [-0.3, -0.25) is 4.79 Å². The minimum atomic E-state index is -0.584. The Morgan fingerprint density at radius 1 is 0.939 bits per heavy atom. The van der Waals surface area contributed by atoms with Gasteiger partial charge in [-0.1, -0.05) is 92.9 Å². The number of rotatable bonds is 17. The fourth-order valence-corrected chi connectivity index (χ4v) is 4.88. The molecule has 0 spiro atoms. The summed E-state index contributed by atoms with van der Waals surface area (Å²) in [6.45, 7) is 1.62. The van der Waals surface area contributed by atoms with Crippen molar-refractivity contribution in [2.75, 3.05) is 34.3 Å². The summed E-state index contributed by atoms with van der Waals surface area (Å²) in [4.78, 5) is 13.5. The molecule has 0 saturated heterocycles. The second kappa shape index (κ2) is 14.8. The summed E-state index contributed by atoms with van der Waals surface area (Å²) in [7, 11) is 5.90. The average molecular weight is 462 g/mol. The van der Waals surface area contributed by atoms with Crippen LogP contribution in [0.15, 0.2) is 30.3 Å². The third-order valence-corrected chi connectivity index (χ3v) is 7.23. The molecule has 1 unspecified atom stereocenters. The first-order valence-corrected chi connectivity index (χ1v) is 13.2. The summed E-state index contributed by atoms with van der Waals surface area (Å²) in [5.74, 6) is 6.47. The van der Waals surface area contributed by atoms with Gasteiger partial charge in [0.25, 0.3) is 0 Å². The molecule has 1 saturated carbocycles. The lowest BCUT2D eigenvalue weighted by molar-refractivity contribution is -1.07. The van der Waals surface area contributed by atoms with Gasteiger partial charge in [0.1, 0.15) is 12.1 Å².